The quantitative estimate of drug-likeness (QED) is 0.846. The summed E-state index contributed by atoms with van der Waals surface area (Å²) in [4.78, 5) is 23.5. The van der Waals surface area contributed by atoms with Gasteiger partial charge in [0.2, 0.25) is 0 Å². The molecule has 0 aliphatic carbocycles. The number of hydrogen-bond donors (Lipinski definition) is 2. The van der Waals surface area contributed by atoms with Crippen molar-refractivity contribution in [1.29, 1.82) is 0 Å². The topological polar surface area (TPSA) is 67.4 Å². The van der Waals surface area contributed by atoms with Gasteiger partial charge < -0.3 is 15.4 Å². The average molecular weight is 298 g/mol. The van der Waals surface area contributed by atoms with Gasteiger partial charge in [0.05, 0.1) is 12.7 Å². The average Bonchev–Trinajstić information content (AvgIpc) is 2.54. The summed E-state index contributed by atoms with van der Waals surface area (Å²) < 4.78 is 4.65. The maximum Gasteiger partial charge on any atom is 0.337 e. The van der Waals surface area contributed by atoms with E-state index in [2.05, 4.69) is 15.4 Å². The van der Waals surface area contributed by atoms with Gasteiger partial charge in [-0.1, -0.05) is 31.2 Å². The summed E-state index contributed by atoms with van der Waals surface area (Å²) in [5, 5.41) is 5.51. The number of aryl methyl sites for hydroxylation is 1. The van der Waals surface area contributed by atoms with Crippen LogP contribution >= 0.6 is 0 Å². The molecule has 0 bridgehead atoms. The van der Waals surface area contributed by atoms with Gasteiger partial charge in [0.15, 0.2) is 0 Å². The number of hydrogen-bond acceptors (Lipinski definition) is 3. The van der Waals surface area contributed by atoms with Crippen molar-refractivity contribution in [2.75, 3.05) is 17.7 Å². The van der Waals surface area contributed by atoms with Gasteiger partial charge in [0, 0.05) is 11.4 Å². The minimum atomic E-state index is -0.444. The summed E-state index contributed by atoms with van der Waals surface area (Å²) >= 11 is 0. The fraction of sp³-hybridized carbons (Fsp3) is 0.176. The molecule has 0 unspecified atom stereocenters. The molecule has 0 atom stereocenters. The highest BCUT2D eigenvalue weighted by molar-refractivity contribution is 6.01. The van der Waals surface area contributed by atoms with Gasteiger partial charge in [0.25, 0.3) is 0 Å². The first-order valence-electron chi connectivity index (χ1n) is 6.98. The summed E-state index contributed by atoms with van der Waals surface area (Å²) in [7, 11) is 1.32. The summed E-state index contributed by atoms with van der Waals surface area (Å²) in [6.07, 6.45) is 0.828. The van der Waals surface area contributed by atoms with Crippen LogP contribution in [0.2, 0.25) is 0 Å². The Labute approximate surface area is 129 Å². The van der Waals surface area contributed by atoms with E-state index in [9.17, 15) is 9.59 Å². The Morgan fingerprint density at radius 1 is 1.05 bits per heavy atom. The fourth-order valence-corrected chi connectivity index (χ4v) is 2.08. The van der Waals surface area contributed by atoms with Crippen LogP contribution in [0.15, 0.2) is 48.5 Å². The number of ether oxygens (including phenoxy) is 1. The number of urea groups is 1. The second kappa shape index (κ2) is 7.26. The first kappa shape index (κ1) is 15.6. The van der Waals surface area contributed by atoms with Crippen molar-refractivity contribution >= 4 is 23.4 Å². The number of rotatable bonds is 4. The molecule has 0 aromatic heterocycles. The maximum atomic E-state index is 12.1. The molecule has 2 aromatic carbocycles. The van der Waals surface area contributed by atoms with Crippen LogP contribution < -0.4 is 10.6 Å². The molecular weight excluding hydrogens is 280 g/mol. The highest BCUT2D eigenvalue weighted by atomic mass is 16.5. The molecule has 0 heterocycles. The lowest BCUT2D eigenvalue weighted by molar-refractivity contribution is 0.0600. The highest BCUT2D eigenvalue weighted by Gasteiger charge is 2.09. The fourth-order valence-electron chi connectivity index (χ4n) is 2.08. The van der Waals surface area contributed by atoms with Gasteiger partial charge in [-0.05, 0) is 36.2 Å². The Balaban J connectivity index is 2.07. The van der Waals surface area contributed by atoms with Crippen LogP contribution in [0.25, 0.3) is 0 Å². The number of carbonyl (C=O) groups excluding carboxylic acids is 2. The molecule has 2 aromatic rings. The molecule has 0 aliphatic rings. The number of esters is 1. The normalized spacial score (nSPS) is 9.91. The monoisotopic (exact) mass is 298 g/mol. The molecule has 0 aliphatic heterocycles. The summed E-state index contributed by atoms with van der Waals surface area (Å²) in [6, 6.07) is 13.8. The minimum absolute atomic E-state index is 0.358. The Bertz CT molecular complexity index is 683. The second-order valence-electron chi connectivity index (χ2n) is 4.66. The molecule has 2 N–H and O–H groups in total. The van der Waals surface area contributed by atoms with E-state index in [0.717, 1.165) is 17.7 Å². The summed E-state index contributed by atoms with van der Waals surface area (Å²) in [6.45, 7) is 2.03. The molecule has 0 fully saturated rings. The number of carbonyl (C=O) groups is 2. The number of para-hydroxylation sites is 1. The van der Waals surface area contributed by atoms with E-state index < -0.39 is 5.97 Å². The highest BCUT2D eigenvalue weighted by Crippen LogP contribution is 2.16. The lowest BCUT2D eigenvalue weighted by Crippen LogP contribution is -2.20. The van der Waals surface area contributed by atoms with E-state index in [4.69, 9.17) is 0 Å². The Hall–Kier alpha value is -2.82. The third-order valence-electron chi connectivity index (χ3n) is 3.19. The molecule has 114 valence electrons. The first-order valence-corrected chi connectivity index (χ1v) is 6.98. The Morgan fingerprint density at radius 2 is 1.82 bits per heavy atom. The molecule has 0 radical (unpaired) electrons. The van der Waals surface area contributed by atoms with Crippen molar-refractivity contribution in [3.05, 3.63) is 59.7 Å². The molecule has 0 saturated heterocycles. The summed E-state index contributed by atoms with van der Waals surface area (Å²) in [5.74, 6) is -0.444. The predicted octanol–water partition coefficient (Wildman–Crippen LogP) is 3.68. The van der Waals surface area contributed by atoms with Crippen LogP contribution in [0.5, 0.6) is 0 Å². The number of nitrogens with one attached hydrogen (secondary N) is 2. The summed E-state index contributed by atoms with van der Waals surface area (Å²) in [5.41, 5.74) is 2.73. The van der Waals surface area contributed by atoms with Gasteiger partial charge in [-0.15, -0.1) is 0 Å². The third-order valence-corrected chi connectivity index (χ3v) is 3.19. The predicted molar refractivity (Wildman–Crippen MR) is 86.2 cm³/mol. The van der Waals surface area contributed by atoms with Crippen molar-refractivity contribution in [3.8, 4) is 0 Å². The molecule has 2 amide bonds. The standard InChI is InChI=1S/C17H18N2O3/c1-3-12-7-4-5-10-15(12)19-17(21)18-14-9-6-8-13(11-14)16(20)22-2/h4-11H,3H2,1-2H3,(H2,18,19,21). The molecule has 22 heavy (non-hydrogen) atoms. The van der Waals surface area contributed by atoms with Crippen LogP contribution in [0.1, 0.15) is 22.8 Å². The van der Waals surface area contributed by atoms with Gasteiger partial charge in [-0.3, -0.25) is 0 Å². The van der Waals surface area contributed by atoms with Crippen LogP contribution in [0.3, 0.4) is 0 Å². The van der Waals surface area contributed by atoms with Crippen molar-refractivity contribution < 1.29 is 14.3 Å². The largest absolute Gasteiger partial charge is 0.465 e. The molecule has 0 spiro atoms. The second-order valence-corrected chi connectivity index (χ2v) is 4.66. The zero-order valence-electron chi connectivity index (χ0n) is 12.6. The Morgan fingerprint density at radius 3 is 2.55 bits per heavy atom. The van der Waals surface area contributed by atoms with Crippen LogP contribution in [-0.4, -0.2) is 19.1 Å². The van der Waals surface area contributed by atoms with Gasteiger partial charge in [-0.2, -0.15) is 0 Å². The van der Waals surface area contributed by atoms with E-state index in [1.165, 1.54) is 7.11 Å². The zero-order valence-corrected chi connectivity index (χ0v) is 12.6. The van der Waals surface area contributed by atoms with E-state index in [1.807, 2.05) is 31.2 Å². The SMILES string of the molecule is CCc1ccccc1NC(=O)Nc1cccc(C(=O)OC)c1. The van der Waals surface area contributed by atoms with Crippen LogP contribution in [0.4, 0.5) is 16.2 Å². The van der Waals surface area contributed by atoms with E-state index in [-0.39, 0.29) is 6.03 Å². The van der Waals surface area contributed by atoms with E-state index in [1.54, 1.807) is 24.3 Å². The number of benzene rings is 2. The van der Waals surface area contributed by atoms with Crippen LogP contribution in [0, 0.1) is 0 Å². The number of amides is 2. The Kier molecular flexibility index (Phi) is 5.14. The number of anilines is 2. The molecule has 5 nitrogen and oxygen atoms in total. The van der Waals surface area contributed by atoms with Crippen molar-refractivity contribution in [2.24, 2.45) is 0 Å². The van der Waals surface area contributed by atoms with Crippen LogP contribution in [-0.2, 0) is 11.2 Å². The molecule has 2 rings (SSSR count). The minimum Gasteiger partial charge on any atom is -0.465 e. The van der Waals surface area contributed by atoms with E-state index in [0.29, 0.717) is 11.3 Å². The smallest absolute Gasteiger partial charge is 0.337 e. The number of methoxy groups -OCH3 is 1. The van der Waals surface area contributed by atoms with Gasteiger partial charge in [0.1, 0.15) is 0 Å². The molecule has 5 heteroatoms. The van der Waals surface area contributed by atoms with Gasteiger partial charge >= 0.3 is 12.0 Å². The van der Waals surface area contributed by atoms with Gasteiger partial charge in [-0.25, -0.2) is 9.59 Å². The maximum absolute atomic E-state index is 12.1. The lowest BCUT2D eigenvalue weighted by Gasteiger charge is -2.11. The van der Waals surface area contributed by atoms with E-state index >= 15 is 0 Å². The van der Waals surface area contributed by atoms with Crippen molar-refractivity contribution in [3.63, 3.8) is 0 Å². The molecule has 0 saturated carbocycles. The van der Waals surface area contributed by atoms with Crippen molar-refractivity contribution in [1.82, 2.24) is 0 Å². The van der Waals surface area contributed by atoms with Crippen molar-refractivity contribution in [2.45, 2.75) is 13.3 Å². The third kappa shape index (κ3) is 3.85. The first-order chi connectivity index (χ1) is 10.6. The molecular formula is C17H18N2O3. The zero-order chi connectivity index (χ0) is 15.9. The lowest BCUT2D eigenvalue weighted by atomic mass is 10.1.